The van der Waals surface area contributed by atoms with Gasteiger partial charge in [0.05, 0.1) is 0 Å². The number of fused-ring (bicyclic) bond motifs is 1. The number of carbonyl (C=O) groups is 1. The summed E-state index contributed by atoms with van der Waals surface area (Å²) in [5.41, 5.74) is 0.495. The third kappa shape index (κ3) is 3.59. The molecular formula is C11H9ClF3NO4S. The Labute approximate surface area is 122 Å². The van der Waals surface area contributed by atoms with Gasteiger partial charge in [0.2, 0.25) is 0 Å². The molecule has 0 spiro atoms. The largest absolute Gasteiger partial charge is 0.471 e. The number of amides is 1. The number of rotatable bonds is 2. The van der Waals surface area contributed by atoms with Gasteiger partial charge in [-0.3, -0.25) is 4.79 Å². The predicted molar refractivity (Wildman–Crippen MR) is 66.4 cm³/mol. The topological polar surface area (TPSA) is 72.5 Å². The van der Waals surface area contributed by atoms with Gasteiger partial charge in [-0.1, -0.05) is 12.1 Å². The molecule has 0 saturated carbocycles. The number of hydrogen-bond acceptors (Lipinski definition) is 4. The second-order valence-electron chi connectivity index (χ2n) is 4.30. The molecule has 1 heterocycles. The third-order valence-corrected chi connectivity index (χ3v) is 4.15. The predicted octanol–water partition coefficient (Wildman–Crippen LogP) is 1.94. The molecule has 5 nitrogen and oxygen atoms in total. The van der Waals surface area contributed by atoms with Crippen molar-refractivity contribution in [2.24, 2.45) is 0 Å². The van der Waals surface area contributed by atoms with E-state index in [0.717, 1.165) is 0 Å². The summed E-state index contributed by atoms with van der Waals surface area (Å²) in [6, 6.07) is 4.20. The maximum atomic E-state index is 12.2. The molecule has 0 aromatic heterocycles. The highest BCUT2D eigenvalue weighted by Crippen LogP contribution is 2.35. The first-order valence-electron chi connectivity index (χ1n) is 5.70. The van der Waals surface area contributed by atoms with Crippen LogP contribution in [0.2, 0.25) is 0 Å². The van der Waals surface area contributed by atoms with Crippen molar-refractivity contribution in [1.82, 2.24) is 5.32 Å². The molecule has 1 aromatic rings. The van der Waals surface area contributed by atoms with Crippen molar-refractivity contribution in [3.05, 3.63) is 23.8 Å². The van der Waals surface area contributed by atoms with Gasteiger partial charge in [0.15, 0.2) is 6.23 Å². The van der Waals surface area contributed by atoms with Gasteiger partial charge in [0.1, 0.15) is 10.6 Å². The highest BCUT2D eigenvalue weighted by molar-refractivity contribution is 8.13. The van der Waals surface area contributed by atoms with Gasteiger partial charge in [-0.05, 0) is 18.1 Å². The SMILES string of the molecule is O=C(NC1CCc2cccc(S(=O)(=O)Cl)c2O1)C(F)(F)F. The molecule has 1 aliphatic rings. The Morgan fingerprint density at radius 3 is 2.62 bits per heavy atom. The van der Waals surface area contributed by atoms with Crippen LogP contribution in [0.4, 0.5) is 13.2 Å². The van der Waals surface area contributed by atoms with E-state index >= 15 is 0 Å². The maximum absolute atomic E-state index is 12.2. The molecule has 2 rings (SSSR count). The van der Waals surface area contributed by atoms with Gasteiger partial charge < -0.3 is 10.1 Å². The van der Waals surface area contributed by atoms with Crippen LogP contribution in [0.25, 0.3) is 0 Å². The zero-order valence-electron chi connectivity index (χ0n) is 10.3. The molecule has 1 atom stereocenters. The van der Waals surface area contributed by atoms with E-state index in [-0.39, 0.29) is 23.5 Å². The molecule has 0 radical (unpaired) electrons. The molecule has 1 unspecified atom stereocenters. The highest BCUT2D eigenvalue weighted by Gasteiger charge is 2.40. The number of halogens is 4. The summed E-state index contributed by atoms with van der Waals surface area (Å²) >= 11 is 0. The van der Waals surface area contributed by atoms with Crippen molar-refractivity contribution in [2.75, 3.05) is 0 Å². The summed E-state index contributed by atoms with van der Waals surface area (Å²) in [5, 5.41) is 1.65. The number of aryl methyl sites for hydroxylation is 1. The second kappa shape index (κ2) is 5.38. The van der Waals surface area contributed by atoms with Crippen LogP contribution >= 0.6 is 10.7 Å². The Hall–Kier alpha value is -1.48. The molecular weight excluding hydrogens is 335 g/mol. The van der Waals surface area contributed by atoms with Gasteiger partial charge >= 0.3 is 12.1 Å². The molecule has 1 amide bonds. The summed E-state index contributed by atoms with van der Waals surface area (Å²) in [4.78, 5) is 10.5. The smallest absolute Gasteiger partial charge is 0.469 e. The number of alkyl halides is 3. The average molecular weight is 344 g/mol. The van der Waals surface area contributed by atoms with Crippen molar-refractivity contribution in [3.63, 3.8) is 0 Å². The molecule has 1 aromatic carbocycles. The van der Waals surface area contributed by atoms with E-state index in [2.05, 4.69) is 0 Å². The number of hydrogen-bond donors (Lipinski definition) is 1. The molecule has 0 saturated heterocycles. The fraction of sp³-hybridized carbons (Fsp3) is 0.364. The Kier molecular flexibility index (Phi) is 4.07. The minimum atomic E-state index is -5.04. The average Bonchev–Trinajstić information content (AvgIpc) is 2.35. The lowest BCUT2D eigenvalue weighted by Crippen LogP contribution is -2.47. The van der Waals surface area contributed by atoms with Gasteiger partial charge in [-0.2, -0.15) is 13.2 Å². The zero-order chi connectivity index (χ0) is 15.8. The number of ether oxygens (including phenoxy) is 1. The molecule has 0 fully saturated rings. The summed E-state index contributed by atoms with van der Waals surface area (Å²) in [6.45, 7) is 0. The van der Waals surface area contributed by atoms with Crippen LogP contribution in [0.5, 0.6) is 5.75 Å². The van der Waals surface area contributed by atoms with Gasteiger partial charge in [-0.25, -0.2) is 8.42 Å². The van der Waals surface area contributed by atoms with E-state index in [1.165, 1.54) is 12.1 Å². The molecule has 0 bridgehead atoms. The van der Waals surface area contributed by atoms with Crippen LogP contribution in [-0.4, -0.2) is 26.7 Å². The third-order valence-electron chi connectivity index (χ3n) is 2.81. The van der Waals surface area contributed by atoms with Crippen molar-refractivity contribution >= 4 is 25.6 Å². The quantitative estimate of drug-likeness (QED) is 0.833. The van der Waals surface area contributed by atoms with E-state index in [1.54, 1.807) is 11.4 Å². The van der Waals surface area contributed by atoms with Gasteiger partial charge in [0.25, 0.3) is 9.05 Å². The standard InChI is InChI=1S/C11H9ClF3NO4S/c12-21(18,19)7-3-1-2-6-4-5-8(20-9(6)7)16-10(17)11(13,14)15/h1-3,8H,4-5H2,(H,16,17). The Morgan fingerprint density at radius 2 is 2.05 bits per heavy atom. The fourth-order valence-corrected chi connectivity index (χ4v) is 2.91. The van der Waals surface area contributed by atoms with E-state index in [0.29, 0.717) is 5.56 Å². The fourth-order valence-electron chi connectivity index (χ4n) is 1.90. The highest BCUT2D eigenvalue weighted by atomic mass is 35.7. The minimum Gasteiger partial charge on any atom is -0.469 e. The Morgan fingerprint density at radius 1 is 1.38 bits per heavy atom. The van der Waals surface area contributed by atoms with Crippen molar-refractivity contribution in [1.29, 1.82) is 0 Å². The van der Waals surface area contributed by atoms with Crippen LogP contribution in [-0.2, 0) is 20.3 Å². The molecule has 0 aliphatic carbocycles. The normalized spacial score (nSPS) is 18.6. The van der Waals surface area contributed by atoms with E-state index < -0.39 is 27.4 Å². The van der Waals surface area contributed by atoms with Gasteiger partial charge in [0, 0.05) is 17.1 Å². The molecule has 1 N–H and O–H groups in total. The molecule has 10 heteroatoms. The van der Waals surface area contributed by atoms with Crippen molar-refractivity contribution in [3.8, 4) is 5.75 Å². The van der Waals surface area contributed by atoms with Crippen LogP contribution < -0.4 is 10.1 Å². The van der Waals surface area contributed by atoms with Crippen molar-refractivity contribution < 1.29 is 31.1 Å². The first kappa shape index (κ1) is 15.9. The number of para-hydroxylation sites is 1. The number of carbonyl (C=O) groups excluding carboxylic acids is 1. The summed E-state index contributed by atoms with van der Waals surface area (Å²) in [7, 11) is 1.13. The Bertz CT molecular complexity index is 675. The molecule has 21 heavy (non-hydrogen) atoms. The first-order valence-corrected chi connectivity index (χ1v) is 8.01. The number of benzene rings is 1. The van der Waals surface area contributed by atoms with Crippen LogP contribution in [0, 0.1) is 0 Å². The maximum Gasteiger partial charge on any atom is 0.471 e. The lowest BCUT2D eigenvalue weighted by Gasteiger charge is -2.28. The minimum absolute atomic E-state index is 0.0839. The Balaban J connectivity index is 2.26. The van der Waals surface area contributed by atoms with Crippen LogP contribution in [0.1, 0.15) is 12.0 Å². The second-order valence-corrected chi connectivity index (χ2v) is 6.83. The van der Waals surface area contributed by atoms with Crippen LogP contribution in [0.15, 0.2) is 23.1 Å². The molecule has 116 valence electrons. The summed E-state index contributed by atoms with van der Waals surface area (Å²) in [6.07, 6.45) is -5.98. The van der Waals surface area contributed by atoms with E-state index in [9.17, 15) is 26.4 Å². The lowest BCUT2D eigenvalue weighted by atomic mass is 10.1. The van der Waals surface area contributed by atoms with Crippen molar-refractivity contribution in [2.45, 2.75) is 30.1 Å². The van der Waals surface area contributed by atoms with E-state index in [1.807, 2.05) is 0 Å². The zero-order valence-corrected chi connectivity index (χ0v) is 11.8. The summed E-state index contributed by atoms with van der Waals surface area (Å²) in [5.74, 6) is -2.28. The first-order chi connectivity index (χ1) is 9.59. The van der Waals surface area contributed by atoms with E-state index in [4.69, 9.17) is 15.4 Å². The van der Waals surface area contributed by atoms with Gasteiger partial charge in [-0.15, -0.1) is 0 Å². The lowest BCUT2D eigenvalue weighted by molar-refractivity contribution is -0.176. The number of nitrogens with one attached hydrogen (secondary N) is 1. The monoisotopic (exact) mass is 343 g/mol. The summed E-state index contributed by atoms with van der Waals surface area (Å²) < 4.78 is 64.5. The molecule has 1 aliphatic heterocycles. The van der Waals surface area contributed by atoms with Crippen LogP contribution in [0.3, 0.4) is 0 Å².